The number of aromatic nitrogens is 2. The molecule has 2 nitrogen and oxygen atoms in total. The lowest BCUT2D eigenvalue weighted by Crippen LogP contribution is -1.92. The number of nitrogens with zero attached hydrogens (tertiary/aromatic N) is 1. The standard InChI is InChI=1S/C44H27NS.C24H15Br.C20H13NS/c1-2-10-28(11-3-1)33-18-9-19-39-40-23-20-29-24-25-45(42(29)44(40)46-43(33)39)32-13-8-12-30(26-32)31-21-22-38-36-16-5-4-14-34(36)35-15-6-7-17-37(35)41(38)27-31;25-18-7-5-6-16(14-18)17-12-13-23-21-10-2-1-8-19(21)20-9-3-4-11-22(20)24(23)15-17;1-2-5-13(6-3-1)15-7-4-8-16-17-10-9-14-11-12-21-18(14)20(17)22-19(15)16/h1-27H;1-15H;1-12,21H. The quantitative estimate of drug-likeness (QED) is 0.166. The van der Waals surface area contributed by atoms with E-state index in [0.29, 0.717) is 0 Å². The predicted molar refractivity (Wildman–Crippen MR) is 408 cm³/mol. The molecule has 0 unspecified atom stereocenters. The van der Waals surface area contributed by atoms with Crippen LogP contribution in [-0.4, -0.2) is 9.55 Å². The smallest absolute Gasteiger partial charge is 0.0707 e. The van der Waals surface area contributed by atoms with Crippen LogP contribution < -0.4 is 0 Å². The van der Waals surface area contributed by atoms with Crippen molar-refractivity contribution in [1.29, 1.82) is 0 Å². The largest absolute Gasteiger partial charge is 0.360 e. The Bertz CT molecular complexity index is 6260. The molecule has 0 atom stereocenters. The zero-order valence-electron chi connectivity index (χ0n) is 50.3. The van der Waals surface area contributed by atoms with E-state index in [1.807, 2.05) is 28.9 Å². The molecule has 1 N–H and O–H groups in total. The van der Waals surface area contributed by atoms with Crippen molar-refractivity contribution in [3.63, 3.8) is 0 Å². The fraction of sp³-hybridized carbons (Fsp3) is 0. The minimum Gasteiger partial charge on any atom is -0.360 e. The summed E-state index contributed by atoms with van der Waals surface area (Å²) in [4.78, 5) is 3.39. The number of thiophene rings is 2. The second-order valence-corrected chi connectivity index (χ2v) is 27.0. The third kappa shape index (κ3) is 9.41. The molecule has 0 saturated carbocycles. The lowest BCUT2D eigenvalue weighted by atomic mass is 9.92. The second-order valence-electron chi connectivity index (χ2n) is 24.0. The highest BCUT2D eigenvalue weighted by Crippen LogP contribution is 2.46. The van der Waals surface area contributed by atoms with Crippen LogP contribution >= 0.6 is 38.6 Å². The van der Waals surface area contributed by atoms with E-state index in [0.717, 1.165) is 4.47 Å². The predicted octanol–water partition coefficient (Wildman–Crippen LogP) is 26.6. The molecule has 4 heterocycles. The minimum absolute atomic E-state index is 1.11. The van der Waals surface area contributed by atoms with Crippen LogP contribution in [-0.2, 0) is 0 Å². The summed E-state index contributed by atoms with van der Waals surface area (Å²) in [5.74, 6) is 0. The van der Waals surface area contributed by atoms with Crippen molar-refractivity contribution in [1.82, 2.24) is 9.55 Å². The summed E-state index contributed by atoms with van der Waals surface area (Å²) in [5.41, 5.74) is 13.8. The van der Waals surface area contributed by atoms with Gasteiger partial charge in [-0.25, -0.2) is 0 Å². The summed E-state index contributed by atoms with van der Waals surface area (Å²) >= 11 is 7.38. The first-order chi connectivity index (χ1) is 46.0. The van der Waals surface area contributed by atoms with Crippen LogP contribution in [0.4, 0.5) is 0 Å². The summed E-state index contributed by atoms with van der Waals surface area (Å²) < 4.78 is 8.87. The molecule has 16 aromatic carbocycles. The normalized spacial score (nSPS) is 11.7. The molecule has 0 amide bonds. The Kier molecular flexibility index (Phi) is 13.5. The third-order valence-corrected chi connectivity index (χ3v) is 21.8. The molecule has 0 saturated heterocycles. The summed E-state index contributed by atoms with van der Waals surface area (Å²) in [6.45, 7) is 0. The van der Waals surface area contributed by atoms with Gasteiger partial charge in [0, 0.05) is 64.3 Å². The number of halogens is 1. The van der Waals surface area contributed by atoms with Gasteiger partial charge >= 0.3 is 0 Å². The van der Waals surface area contributed by atoms with E-state index < -0.39 is 0 Å². The number of fused-ring (bicyclic) bond motifs is 22. The minimum atomic E-state index is 1.11. The SMILES string of the molecule is Brc1cccc(-c2ccc3c4ccccc4c4ccccc4c3c2)c1.c1ccc(-c2cccc3c2sc2c3ccc3cc[nH]c32)cc1.c1ccc(-c2cccc3c2sc2c3ccc3ccn(-c4cccc(-c5ccc6c7ccccc7c7ccccc7c6c5)c4)c32)cc1. The number of nitrogens with one attached hydrogen (secondary N) is 1. The van der Waals surface area contributed by atoms with Crippen molar-refractivity contribution < 1.29 is 0 Å². The summed E-state index contributed by atoms with van der Waals surface area (Å²) in [6, 6.07) is 114. The molecule has 0 spiro atoms. The maximum absolute atomic E-state index is 3.58. The van der Waals surface area contributed by atoms with E-state index in [1.54, 1.807) is 0 Å². The van der Waals surface area contributed by atoms with Crippen molar-refractivity contribution in [3.8, 4) is 50.2 Å². The van der Waals surface area contributed by atoms with Gasteiger partial charge in [-0.1, -0.05) is 283 Å². The highest BCUT2D eigenvalue weighted by Gasteiger charge is 2.18. The second kappa shape index (κ2) is 22.8. The van der Waals surface area contributed by atoms with E-state index in [-0.39, 0.29) is 0 Å². The Morgan fingerprint density at radius 1 is 0.258 bits per heavy atom. The fourth-order valence-corrected chi connectivity index (χ4v) is 17.6. The van der Waals surface area contributed by atoms with Crippen molar-refractivity contribution in [3.05, 3.63) is 332 Å². The number of hydrogen-bond donors (Lipinski definition) is 1. The van der Waals surface area contributed by atoms with Gasteiger partial charge in [-0.15, -0.1) is 22.7 Å². The van der Waals surface area contributed by atoms with Crippen LogP contribution in [0.25, 0.3) is 177 Å². The Morgan fingerprint density at radius 3 is 1.17 bits per heavy atom. The zero-order valence-corrected chi connectivity index (χ0v) is 53.5. The van der Waals surface area contributed by atoms with Gasteiger partial charge in [0.15, 0.2) is 0 Å². The van der Waals surface area contributed by atoms with Crippen molar-refractivity contribution in [2.45, 2.75) is 0 Å². The van der Waals surface area contributed by atoms with Gasteiger partial charge in [-0.2, -0.15) is 0 Å². The Labute approximate surface area is 553 Å². The van der Waals surface area contributed by atoms with Gasteiger partial charge in [0.25, 0.3) is 0 Å². The van der Waals surface area contributed by atoms with Gasteiger partial charge in [-0.05, 0) is 158 Å². The average molecular weight is 1280 g/mol. The molecule has 0 radical (unpaired) electrons. The molecule has 0 aliphatic heterocycles. The first-order valence-electron chi connectivity index (χ1n) is 31.6. The van der Waals surface area contributed by atoms with E-state index in [4.69, 9.17) is 0 Å². The van der Waals surface area contributed by atoms with E-state index >= 15 is 0 Å². The van der Waals surface area contributed by atoms with Gasteiger partial charge < -0.3 is 9.55 Å². The Morgan fingerprint density at radius 2 is 0.645 bits per heavy atom. The number of H-pyrrole nitrogens is 1. The highest BCUT2D eigenvalue weighted by atomic mass is 79.9. The number of rotatable bonds is 5. The molecule has 0 aliphatic rings. The lowest BCUT2D eigenvalue weighted by Gasteiger charge is -2.13. The monoisotopic (exact) mass is 1280 g/mol. The molecule has 0 aliphatic carbocycles. The van der Waals surface area contributed by atoms with Gasteiger partial charge in [0.1, 0.15) is 0 Å². The number of benzene rings is 16. The maximum atomic E-state index is 3.58. The molecule has 20 aromatic rings. The molecule has 0 bridgehead atoms. The van der Waals surface area contributed by atoms with Crippen LogP contribution in [0, 0.1) is 0 Å². The molecule has 20 rings (SSSR count). The van der Waals surface area contributed by atoms with Gasteiger partial charge in [0.05, 0.1) is 20.4 Å². The van der Waals surface area contributed by atoms with Crippen molar-refractivity contribution >= 4 is 165 Å². The molecule has 93 heavy (non-hydrogen) atoms. The average Bonchev–Trinajstić information content (AvgIpc) is 1.76. The third-order valence-electron chi connectivity index (χ3n) is 18.8. The van der Waals surface area contributed by atoms with E-state index in [1.165, 1.54) is 177 Å². The highest BCUT2D eigenvalue weighted by molar-refractivity contribution is 9.10. The van der Waals surface area contributed by atoms with Crippen molar-refractivity contribution in [2.24, 2.45) is 0 Å². The summed E-state index contributed by atoms with van der Waals surface area (Å²) in [6.07, 6.45) is 4.25. The van der Waals surface area contributed by atoms with Crippen LogP contribution in [0.5, 0.6) is 0 Å². The molecule has 4 aromatic heterocycles. The van der Waals surface area contributed by atoms with Gasteiger partial charge in [-0.3, -0.25) is 0 Å². The Hall–Kier alpha value is -10.9. The number of aromatic amines is 1. The van der Waals surface area contributed by atoms with E-state index in [9.17, 15) is 0 Å². The maximum Gasteiger partial charge on any atom is 0.0707 e. The summed E-state index contributed by atoms with van der Waals surface area (Å²) in [7, 11) is 0. The Balaban J connectivity index is 0.000000114. The topological polar surface area (TPSA) is 20.7 Å². The molecular weight excluding hydrogens is 1230 g/mol. The first-order valence-corrected chi connectivity index (χ1v) is 34.0. The first kappa shape index (κ1) is 55.0. The van der Waals surface area contributed by atoms with Crippen LogP contribution in [0.1, 0.15) is 0 Å². The molecule has 0 fully saturated rings. The van der Waals surface area contributed by atoms with Crippen LogP contribution in [0.2, 0.25) is 0 Å². The van der Waals surface area contributed by atoms with Crippen LogP contribution in [0.3, 0.4) is 0 Å². The zero-order chi connectivity index (χ0) is 61.5. The molecule has 436 valence electrons. The summed E-state index contributed by atoms with van der Waals surface area (Å²) in [5, 5.41) is 23.6. The van der Waals surface area contributed by atoms with E-state index in [2.05, 4.69) is 347 Å². The van der Waals surface area contributed by atoms with Crippen molar-refractivity contribution in [2.75, 3.05) is 0 Å². The number of hydrogen-bond acceptors (Lipinski definition) is 2. The lowest BCUT2D eigenvalue weighted by molar-refractivity contribution is 1.14. The van der Waals surface area contributed by atoms with Crippen LogP contribution in [0.15, 0.2) is 332 Å². The molecular formula is C88H55BrN2S2. The van der Waals surface area contributed by atoms with Gasteiger partial charge in [0.2, 0.25) is 0 Å². The molecule has 5 heteroatoms. The fourth-order valence-electron chi connectivity index (χ4n) is 14.4.